The van der Waals surface area contributed by atoms with Gasteiger partial charge >= 0.3 is 0 Å². The fraction of sp³-hybridized carbons (Fsp3) is 0.222. The average molecular weight is 542 g/mol. The molecule has 0 spiro atoms. The predicted molar refractivity (Wildman–Crippen MR) is 148 cm³/mol. The number of nitrogens with one attached hydrogen (secondary N) is 1. The van der Waals surface area contributed by atoms with Crippen molar-refractivity contribution in [1.29, 1.82) is 0 Å². The lowest BCUT2D eigenvalue weighted by atomic mass is 10.1. The normalized spacial score (nSPS) is 16.8. The first-order chi connectivity index (χ1) is 17.4. The fourth-order valence-corrected chi connectivity index (χ4v) is 4.98. The minimum Gasteiger partial charge on any atom is -0.494 e. The van der Waals surface area contributed by atoms with Crippen LogP contribution >= 0.6 is 35.0 Å². The van der Waals surface area contributed by atoms with Crippen LogP contribution in [0.2, 0.25) is 10.0 Å². The SMILES string of the molecule is CCOc1ccc(NC(=O)C2CC(=O)N(CCc3ccc(Cl)cc3)C(=Nc3ccc(Cl)cc3)S2)cc1. The standard InChI is InChI=1S/C27H25Cl2N3O3S/c1-2-35-23-13-11-21(12-14-23)30-26(34)24-17-25(33)32(16-15-18-3-5-19(28)6-4-18)27(36-24)31-22-9-7-20(29)8-10-22/h3-14,24H,2,15-17H2,1H3,(H,30,34). The van der Waals surface area contributed by atoms with Crippen LogP contribution in [-0.4, -0.2) is 40.3 Å². The van der Waals surface area contributed by atoms with Crippen molar-refractivity contribution in [3.8, 4) is 5.75 Å². The number of hydrogen-bond acceptors (Lipinski definition) is 5. The Labute approximate surface area is 224 Å². The topological polar surface area (TPSA) is 71.0 Å². The summed E-state index contributed by atoms with van der Waals surface area (Å²) in [7, 11) is 0. The molecule has 9 heteroatoms. The molecule has 1 aliphatic rings. The Morgan fingerprint density at radius 2 is 1.67 bits per heavy atom. The number of ether oxygens (including phenoxy) is 1. The maximum absolute atomic E-state index is 13.2. The summed E-state index contributed by atoms with van der Waals surface area (Å²) in [5.41, 5.74) is 2.34. The van der Waals surface area contributed by atoms with Gasteiger partial charge in [-0.1, -0.05) is 47.1 Å². The van der Waals surface area contributed by atoms with E-state index in [9.17, 15) is 9.59 Å². The minimum absolute atomic E-state index is 0.0772. The van der Waals surface area contributed by atoms with Gasteiger partial charge in [-0.2, -0.15) is 0 Å². The second-order valence-electron chi connectivity index (χ2n) is 8.05. The molecule has 1 aliphatic heterocycles. The maximum Gasteiger partial charge on any atom is 0.238 e. The number of nitrogens with zero attached hydrogens (tertiary/aromatic N) is 2. The summed E-state index contributed by atoms with van der Waals surface area (Å²) in [6.45, 7) is 2.92. The third-order valence-electron chi connectivity index (χ3n) is 5.45. The van der Waals surface area contributed by atoms with Crippen LogP contribution in [0.4, 0.5) is 11.4 Å². The van der Waals surface area contributed by atoms with Gasteiger partial charge in [-0.25, -0.2) is 4.99 Å². The van der Waals surface area contributed by atoms with Gasteiger partial charge in [-0.15, -0.1) is 0 Å². The summed E-state index contributed by atoms with van der Waals surface area (Å²) < 4.78 is 5.45. The first-order valence-electron chi connectivity index (χ1n) is 11.5. The minimum atomic E-state index is -0.609. The largest absolute Gasteiger partial charge is 0.494 e. The summed E-state index contributed by atoms with van der Waals surface area (Å²) >= 11 is 13.3. The smallest absolute Gasteiger partial charge is 0.238 e. The molecule has 1 fully saturated rings. The van der Waals surface area contributed by atoms with E-state index in [1.165, 1.54) is 11.8 Å². The number of aliphatic imine (C=N–C) groups is 1. The van der Waals surface area contributed by atoms with Crippen molar-refractivity contribution >= 4 is 63.3 Å². The Bertz CT molecular complexity index is 1230. The van der Waals surface area contributed by atoms with E-state index < -0.39 is 5.25 Å². The summed E-state index contributed by atoms with van der Waals surface area (Å²) in [5.74, 6) is 0.326. The zero-order chi connectivity index (χ0) is 25.5. The van der Waals surface area contributed by atoms with Gasteiger partial charge in [0.1, 0.15) is 11.0 Å². The number of amides is 2. The average Bonchev–Trinajstić information content (AvgIpc) is 2.87. The number of carbonyl (C=O) groups excluding carboxylic acids is 2. The lowest BCUT2D eigenvalue weighted by Gasteiger charge is -2.32. The van der Waals surface area contributed by atoms with E-state index in [2.05, 4.69) is 5.32 Å². The van der Waals surface area contributed by atoms with Gasteiger partial charge in [0, 0.05) is 28.7 Å². The van der Waals surface area contributed by atoms with Gasteiger partial charge in [0.25, 0.3) is 0 Å². The Balaban J connectivity index is 1.51. The lowest BCUT2D eigenvalue weighted by molar-refractivity contribution is -0.129. The van der Waals surface area contributed by atoms with Crippen LogP contribution in [0.25, 0.3) is 0 Å². The van der Waals surface area contributed by atoms with Gasteiger partial charge in [0.15, 0.2) is 5.17 Å². The zero-order valence-electron chi connectivity index (χ0n) is 19.6. The van der Waals surface area contributed by atoms with Gasteiger partial charge in [0.05, 0.1) is 12.3 Å². The number of thioether (sulfide) groups is 1. The van der Waals surface area contributed by atoms with Gasteiger partial charge in [-0.05, 0) is 79.6 Å². The van der Waals surface area contributed by atoms with Crippen LogP contribution in [0, 0.1) is 0 Å². The van der Waals surface area contributed by atoms with Gasteiger partial charge < -0.3 is 10.1 Å². The molecular weight excluding hydrogens is 517 g/mol. The molecule has 1 atom stereocenters. The molecule has 1 heterocycles. The molecule has 36 heavy (non-hydrogen) atoms. The number of amidine groups is 1. The first kappa shape index (κ1) is 26.1. The molecule has 0 saturated carbocycles. The third kappa shape index (κ3) is 7.03. The second-order valence-corrected chi connectivity index (χ2v) is 10.1. The van der Waals surface area contributed by atoms with E-state index in [0.29, 0.717) is 46.2 Å². The number of anilines is 1. The Morgan fingerprint density at radius 3 is 2.31 bits per heavy atom. The Hall–Kier alpha value is -3.00. The highest BCUT2D eigenvalue weighted by molar-refractivity contribution is 8.15. The van der Waals surface area contributed by atoms with E-state index in [1.807, 2.05) is 31.2 Å². The zero-order valence-corrected chi connectivity index (χ0v) is 21.9. The molecule has 3 aromatic carbocycles. The van der Waals surface area contributed by atoms with Crippen molar-refractivity contribution in [2.24, 2.45) is 4.99 Å². The molecule has 1 saturated heterocycles. The van der Waals surface area contributed by atoms with Crippen LogP contribution in [0.1, 0.15) is 18.9 Å². The Kier molecular flexibility index (Phi) is 8.91. The summed E-state index contributed by atoms with van der Waals surface area (Å²) in [6.07, 6.45) is 0.708. The third-order valence-corrected chi connectivity index (χ3v) is 7.15. The van der Waals surface area contributed by atoms with Crippen LogP contribution in [0.3, 0.4) is 0 Å². The first-order valence-corrected chi connectivity index (χ1v) is 13.1. The van der Waals surface area contributed by atoms with Crippen molar-refractivity contribution < 1.29 is 14.3 Å². The van der Waals surface area contributed by atoms with Gasteiger partial charge in [-0.3, -0.25) is 14.5 Å². The highest BCUT2D eigenvalue weighted by Crippen LogP contribution is 2.31. The molecule has 3 aromatic rings. The number of hydrogen-bond donors (Lipinski definition) is 1. The van der Waals surface area contributed by atoms with Crippen LogP contribution in [0.15, 0.2) is 77.8 Å². The van der Waals surface area contributed by atoms with E-state index in [1.54, 1.807) is 53.4 Å². The van der Waals surface area contributed by atoms with E-state index in [4.69, 9.17) is 32.9 Å². The number of rotatable bonds is 8. The Morgan fingerprint density at radius 1 is 1.03 bits per heavy atom. The molecule has 0 aromatic heterocycles. The number of benzene rings is 3. The monoisotopic (exact) mass is 541 g/mol. The molecule has 1 unspecified atom stereocenters. The fourth-order valence-electron chi connectivity index (χ4n) is 3.60. The van der Waals surface area contributed by atoms with Crippen molar-refractivity contribution in [1.82, 2.24) is 4.90 Å². The van der Waals surface area contributed by atoms with Crippen LogP contribution < -0.4 is 10.1 Å². The predicted octanol–water partition coefficient (Wildman–Crippen LogP) is 6.60. The van der Waals surface area contributed by atoms with Crippen molar-refractivity contribution in [3.63, 3.8) is 0 Å². The molecule has 186 valence electrons. The number of carbonyl (C=O) groups is 2. The van der Waals surface area contributed by atoms with Crippen LogP contribution in [0.5, 0.6) is 5.75 Å². The molecule has 0 bridgehead atoms. The van der Waals surface area contributed by atoms with Crippen molar-refractivity contribution in [3.05, 3.63) is 88.4 Å². The molecule has 4 rings (SSSR count). The molecule has 0 aliphatic carbocycles. The van der Waals surface area contributed by atoms with E-state index in [-0.39, 0.29) is 18.2 Å². The highest BCUT2D eigenvalue weighted by atomic mass is 35.5. The van der Waals surface area contributed by atoms with E-state index in [0.717, 1.165) is 11.3 Å². The second kappa shape index (κ2) is 12.3. The molecular formula is C27H25Cl2N3O3S. The molecule has 0 radical (unpaired) electrons. The molecule has 1 N–H and O–H groups in total. The highest BCUT2D eigenvalue weighted by Gasteiger charge is 2.35. The van der Waals surface area contributed by atoms with Gasteiger partial charge in [0.2, 0.25) is 11.8 Å². The molecule has 6 nitrogen and oxygen atoms in total. The van der Waals surface area contributed by atoms with Crippen molar-refractivity contribution in [2.45, 2.75) is 25.0 Å². The lowest BCUT2D eigenvalue weighted by Crippen LogP contribution is -2.46. The summed E-state index contributed by atoms with van der Waals surface area (Å²) in [5, 5.41) is 4.03. The quantitative estimate of drug-likeness (QED) is 0.349. The number of halogens is 2. The van der Waals surface area contributed by atoms with Crippen molar-refractivity contribution in [2.75, 3.05) is 18.5 Å². The summed E-state index contributed by atoms with van der Waals surface area (Å²) in [4.78, 5) is 32.6. The van der Waals surface area contributed by atoms with E-state index >= 15 is 0 Å². The van der Waals surface area contributed by atoms with Crippen LogP contribution in [-0.2, 0) is 16.0 Å². The summed E-state index contributed by atoms with van der Waals surface area (Å²) in [6, 6.07) is 21.7. The maximum atomic E-state index is 13.2. The molecule has 2 amide bonds.